The van der Waals surface area contributed by atoms with Crippen molar-refractivity contribution in [1.82, 2.24) is 15.6 Å². The fourth-order valence-corrected chi connectivity index (χ4v) is 5.91. The third-order valence-corrected chi connectivity index (χ3v) is 8.42. The minimum atomic E-state index is -4.57. The zero-order valence-corrected chi connectivity index (χ0v) is 26.9. The quantitative estimate of drug-likeness (QED) is 0.177. The number of halogens is 3. The molecule has 0 saturated carbocycles. The van der Waals surface area contributed by atoms with Gasteiger partial charge in [0.2, 0.25) is 11.8 Å². The van der Waals surface area contributed by atoms with E-state index in [0.29, 0.717) is 44.1 Å². The standard InChI is InChI=1S/C37H36F3N5O4/c1-2-48-34-31(9-6-19-42-34)27-10-12-29(13-11-27)36(44-33(46)16-20-43-35(47)49-25-26-7-4-3-5-8-26)17-21-45(22-18-36)32-15-14-30(37(38,39)40)23-28(32)24-41/h3-15,19,23H,2,16-18,20-22,25H2,1H3,(H,43,47)(H,44,46). The number of hydrogen-bond acceptors (Lipinski definition) is 7. The first-order chi connectivity index (χ1) is 23.6. The largest absolute Gasteiger partial charge is 0.478 e. The maximum atomic E-state index is 13.3. The monoisotopic (exact) mass is 671 g/mol. The lowest BCUT2D eigenvalue weighted by Crippen LogP contribution is -2.53. The van der Waals surface area contributed by atoms with Crippen LogP contribution in [0.4, 0.5) is 23.7 Å². The number of nitrogens with zero attached hydrogens (tertiary/aromatic N) is 3. The van der Waals surface area contributed by atoms with Crippen LogP contribution in [0.25, 0.3) is 11.1 Å². The van der Waals surface area contributed by atoms with Crippen LogP contribution in [0.2, 0.25) is 0 Å². The summed E-state index contributed by atoms with van der Waals surface area (Å²) in [5.41, 5.74) is 2.01. The number of anilines is 1. The first kappa shape index (κ1) is 34.8. The second-order valence-corrected chi connectivity index (χ2v) is 11.6. The molecule has 1 aromatic heterocycles. The van der Waals surface area contributed by atoms with Crippen LogP contribution < -0.4 is 20.3 Å². The Morgan fingerprint density at radius 2 is 1.73 bits per heavy atom. The molecule has 1 fully saturated rings. The Bertz CT molecular complexity index is 1780. The van der Waals surface area contributed by atoms with Crippen molar-refractivity contribution >= 4 is 17.7 Å². The number of aromatic nitrogens is 1. The number of nitrogens with one attached hydrogen (secondary N) is 2. The molecule has 1 aliphatic rings. The molecule has 2 amide bonds. The van der Waals surface area contributed by atoms with Crippen molar-refractivity contribution < 1.29 is 32.2 Å². The Morgan fingerprint density at radius 3 is 2.41 bits per heavy atom. The van der Waals surface area contributed by atoms with Crippen molar-refractivity contribution in [2.24, 2.45) is 0 Å². The summed E-state index contributed by atoms with van der Waals surface area (Å²) in [5.74, 6) is 0.215. The lowest BCUT2D eigenvalue weighted by atomic mass is 9.80. The van der Waals surface area contributed by atoms with E-state index in [1.54, 1.807) is 6.20 Å². The number of piperidine rings is 1. The Morgan fingerprint density at radius 1 is 1.00 bits per heavy atom. The number of pyridine rings is 1. The molecule has 5 rings (SSSR count). The van der Waals surface area contributed by atoms with E-state index in [2.05, 4.69) is 15.6 Å². The maximum absolute atomic E-state index is 13.3. The van der Waals surface area contributed by atoms with Gasteiger partial charge >= 0.3 is 12.3 Å². The molecule has 12 heteroatoms. The average Bonchev–Trinajstić information content (AvgIpc) is 3.11. The van der Waals surface area contributed by atoms with Gasteiger partial charge in [-0.2, -0.15) is 18.4 Å². The highest BCUT2D eigenvalue weighted by molar-refractivity contribution is 5.78. The summed E-state index contributed by atoms with van der Waals surface area (Å²) in [6.45, 7) is 3.23. The number of carbonyl (C=O) groups is 2. The third-order valence-electron chi connectivity index (χ3n) is 8.42. The van der Waals surface area contributed by atoms with Gasteiger partial charge in [0, 0.05) is 37.8 Å². The number of alkyl carbamates (subject to hydrolysis) is 1. The van der Waals surface area contributed by atoms with E-state index in [9.17, 15) is 28.0 Å². The van der Waals surface area contributed by atoms with Crippen LogP contribution in [-0.4, -0.2) is 43.2 Å². The molecule has 1 aliphatic heterocycles. The highest BCUT2D eigenvalue weighted by atomic mass is 19.4. The number of hydrogen-bond donors (Lipinski definition) is 2. The van der Waals surface area contributed by atoms with Gasteiger partial charge in [0.1, 0.15) is 12.7 Å². The molecule has 254 valence electrons. The van der Waals surface area contributed by atoms with Crippen LogP contribution in [0.15, 0.2) is 91.1 Å². The summed E-state index contributed by atoms with van der Waals surface area (Å²) >= 11 is 0. The van der Waals surface area contributed by atoms with Crippen molar-refractivity contribution in [3.63, 3.8) is 0 Å². The minimum absolute atomic E-state index is 0.00509. The lowest BCUT2D eigenvalue weighted by Gasteiger charge is -2.44. The smallest absolute Gasteiger partial charge is 0.416 e. The van der Waals surface area contributed by atoms with E-state index in [-0.39, 0.29) is 31.0 Å². The van der Waals surface area contributed by atoms with E-state index in [1.807, 2.05) is 84.6 Å². The highest BCUT2D eigenvalue weighted by Gasteiger charge is 2.39. The molecule has 0 aliphatic carbocycles. The zero-order chi connectivity index (χ0) is 34.9. The van der Waals surface area contributed by atoms with Crippen LogP contribution >= 0.6 is 0 Å². The van der Waals surface area contributed by atoms with Gasteiger partial charge in [-0.25, -0.2) is 9.78 Å². The van der Waals surface area contributed by atoms with Gasteiger partial charge in [-0.3, -0.25) is 4.79 Å². The van der Waals surface area contributed by atoms with Gasteiger partial charge in [-0.1, -0.05) is 54.6 Å². The number of ether oxygens (including phenoxy) is 2. The number of alkyl halides is 3. The molecular weight excluding hydrogens is 635 g/mol. The Labute approximate surface area is 282 Å². The van der Waals surface area contributed by atoms with Crippen LogP contribution in [0, 0.1) is 11.3 Å². The average molecular weight is 672 g/mol. The molecular formula is C37H36F3N5O4. The summed E-state index contributed by atoms with van der Waals surface area (Å²) in [5, 5.41) is 15.5. The topological polar surface area (TPSA) is 117 Å². The Balaban J connectivity index is 1.31. The fourth-order valence-electron chi connectivity index (χ4n) is 5.91. The van der Waals surface area contributed by atoms with Crippen LogP contribution in [0.1, 0.15) is 48.4 Å². The van der Waals surface area contributed by atoms with Gasteiger partial charge in [-0.05, 0) is 66.8 Å². The van der Waals surface area contributed by atoms with E-state index in [0.717, 1.165) is 34.4 Å². The molecule has 0 radical (unpaired) electrons. The van der Waals surface area contributed by atoms with Crippen molar-refractivity contribution in [3.8, 4) is 23.1 Å². The number of benzene rings is 3. The SMILES string of the molecule is CCOc1ncccc1-c1ccc(C2(NC(=O)CCNC(=O)OCc3ccccc3)CCN(c3ccc(C(F)(F)F)cc3C#N)CC2)cc1. The predicted molar refractivity (Wildman–Crippen MR) is 178 cm³/mol. The van der Waals surface area contributed by atoms with Crippen LogP contribution in [-0.2, 0) is 27.9 Å². The van der Waals surface area contributed by atoms with E-state index >= 15 is 0 Å². The zero-order valence-electron chi connectivity index (χ0n) is 26.9. The summed E-state index contributed by atoms with van der Waals surface area (Å²) in [7, 11) is 0. The number of rotatable bonds is 11. The second-order valence-electron chi connectivity index (χ2n) is 11.6. The van der Waals surface area contributed by atoms with Gasteiger partial charge in [0.05, 0.1) is 29.0 Å². The fraction of sp³-hybridized carbons (Fsp3) is 0.297. The summed E-state index contributed by atoms with van der Waals surface area (Å²) in [6.07, 6.45) is -2.73. The maximum Gasteiger partial charge on any atom is 0.416 e. The Kier molecular flexibility index (Phi) is 11.0. The highest BCUT2D eigenvalue weighted by Crippen LogP contribution is 2.39. The molecule has 0 unspecified atom stereocenters. The molecule has 0 bridgehead atoms. The van der Waals surface area contributed by atoms with Gasteiger partial charge < -0.3 is 25.0 Å². The first-order valence-electron chi connectivity index (χ1n) is 15.9. The molecule has 0 atom stereocenters. The predicted octanol–water partition coefficient (Wildman–Crippen LogP) is 6.97. The molecule has 49 heavy (non-hydrogen) atoms. The van der Waals surface area contributed by atoms with Crippen molar-refractivity contribution in [2.75, 3.05) is 31.1 Å². The number of carbonyl (C=O) groups excluding carboxylic acids is 2. The number of amides is 2. The minimum Gasteiger partial charge on any atom is -0.478 e. The van der Waals surface area contributed by atoms with E-state index < -0.39 is 23.4 Å². The van der Waals surface area contributed by atoms with Crippen LogP contribution in [0.3, 0.4) is 0 Å². The van der Waals surface area contributed by atoms with Crippen molar-refractivity contribution in [1.29, 1.82) is 5.26 Å². The first-order valence-corrected chi connectivity index (χ1v) is 15.9. The second kappa shape index (κ2) is 15.6. The third kappa shape index (κ3) is 8.67. The van der Waals surface area contributed by atoms with Gasteiger partial charge in [0.15, 0.2) is 0 Å². The van der Waals surface area contributed by atoms with E-state index in [1.165, 1.54) is 6.07 Å². The summed E-state index contributed by atoms with van der Waals surface area (Å²) < 4.78 is 50.9. The summed E-state index contributed by atoms with van der Waals surface area (Å²) in [6, 6.07) is 25.8. The molecule has 9 nitrogen and oxygen atoms in total. The Hall–Kier alpha value is -5.57. The molecule has 2 heterocycles. The van der Waals surface area contributed by atoms with E-state index in [4.69, 9.17) is 9.47 Å². The molecule has 2 N–H and O–H groups in total. The van der Waals surface area contributed by atoms with Gasteiger partial charge in [-0.15, -0.1) is 0 Å². The molecule has 3 aromatic carbocycles. The molecule has 4 aromatic rings. The lowest BCUT2D eigenvalue weighted by molar-refractivity contribution is -0.137. The van der Waals surface area contributed by atoms with Crippen molar-refractivity contribution in [2.45, 2.75) is 44.5 Å². The summed E-state index contributed by atoms with van der Waals surface area (Å²) in [4.78, 5) is 31.8. The normalized spacial score (nSPS) is 14.0. The number of nitriles is 1. The molecule has 1 saturated heterocycles. The van der Waals surface area contributed by atoms with Crippen molar-refractivity contribution in [3.05, 3.63) is 113 Å². The van der Waals surface area contributed by atoms with Gasteiger partial charge in [0.25, 0.3) is 0 Å². The van der Waals surface area contributed by atoms with Crippen LogP contribution in [0.5, 0.6) is 5.88 Å². The molecule has 0 spiro atoms.